The van der Waals surface area contributed by atoms with Crippen molar-refractivity contribution in [2.24, 2.45) is 5.92 Å². The number of nitrogen functional groups attached to an aromatic ring is 1. The molecule has 0 aliphatic carbocycles. The number of anilines is 1. The molecule has 0 spiro atoms. The van der Waals surface area contributed by atoms with Crippen molar-refractivity contribution in [3.05, 3.63) is 23.0 Å². The Kier molecular flexibility index (Phi) is 3.33. The van der Waals surface area contributed by atoms with Crippen molar-refractivity contribution in [2.45, 2.75) is 18.9 Å². The topological polar surface area (TPSA) is 71.2 Å². The Bertz CT molecular complexity index is 499. The van der Waals surface area contributed by atoms with Gasteiger partial charge in [-0.2, -0.15) is 0 Å². The number of carbonyl (C=O) groups excluding carboxylic acids is 1. The summed E-state index contributed by atoms with van der Waals surface area (Å²) < 4.78 is 0. The van der Waals surface area contributed by atoms with E-state index in [0.29, 0.717) is 17.2 Å². The summed E-state index contributed by atoms with van der Waals surface area (Å²) in [6, 6.07) is 1.79. The number of pyridine rings is 1. The van der Waals surface area contributed by atoms with Crippen molar-refractivity contribution in [2.75, 3.05) is 25.4 Å². The number of nitrogens with zero attached hydrogens (tertiary/aromatic N) is 2. The zero-order valence-corrected chi connectivity index (χ0v) is 11.4. The predicted molar refractivity (Wildman–Crippen MR) is 74.1 cm³/mol. The highest BCUT2D eigenvalue weighted by Gasteiger charge is 2.35. The van der Waals surface area contributed by atoms with Crippen LogP contribution in [0.2, 0.25) is 5.15 Å². The summed E-state index contributed by atoms with van der Waals surface area (Å²) in [6.45, 7) is 3.24. The van der Waals surface area contributed by atoms with Gasteiger partial charge in [-0.1, -0.05) is 11.6 Å². The molecule has 1 atom stereocenters. The van der Waals surface area contributed by atoms with Gasteiger partial charge < -0.3 is 16.0 Å². The smallest absolute Gasteiger partial charge is 0.254 e. The molecule has 6 heteroatoms. The molecule has 3 saturated heterocycles. The van der Waals surface area contributed by atoms with Crippen molar-refractivity contribution in [3.8, 4) is 0 Å². The molecule has 0 saturated carbocycles. The van der Waals surface area contributed by atoms with Crippen molar-refractivity contribution < 1.29 is 4.79 Å². The molecule has 1 unspecified atom stereocenters. The van der Waals surface area contributed by atoms with Crippen LogP contribution in [0.25, 0.3) is 0 Å². The summed E-state index contributed by atoms with van der Waals surface area (Å²) in [5.41, 5.74) is 6.46. The molecule has 0 radical (unpaired) electrons. The van der Waals surface area contributed by atoms with Crippen LogP contribution in [-0.2, 0) is 0 Å². The molecule has 4 rings (SSSR count). The minimum Gasteiger partial charge on any atom is -0.397 e. The second-order valence-corrected chi connectivity index (χ2v) is 5.68. The lowest BCUT2D eigenvalue weighted by Gasteiger charge is -2.44. The van der Waals surface area contributed by atoms with E-state index in [9.17, 15) is 4.79 Å². The average Bonchev–Trinajstić information content (AvgIpc) is 2.43. The number of halogens is 1. The van der Waals surface area contributed by atoms with Gasteiger partial charge in [0.05, 0.1) is 17.4 Å². The highest BCUT2D eigenvalue weighted by atomic mass is 35.5. The molecule has 3 aliphatic rings. The number of hydrogen-bond donors (Lipinski definition) is 2. The maximum atomic E-state index is 12.3. The third kappa shape index (κ3) is 2.53. The molecule has 5 nitrogen and oxygen atoms in total. The van der Waals surface area contributed by atoms with Crippen LogP contribution in [-0.4, -0.2) is 41.5 Å². The average molecular weight is 281 g/mol. The van der Waals surface area contributed by atoms with E-state index in [1.54, 1.807) is 6.07 Å². The van der Waals surface area contributed by atoms with E-state index in [2.05, 4.69) is 15.2 Å². The second-order valence-electron chi connectivity index (χ2n) is 5.33. The van der Waals surface area contributed by atoms with Gasteiger partial charge in [-0.05, 0) is 37.9 Å². The number of amides is 1. The maximum Gasteiger partial charge on any atom is 0.254 e. The van der Waals surface area contributed by atoms with Gasteiger partial charge in [0.15, 0.2) is 0 Å². The van der Waals surface area contributed by atoms with E-state index in [1.807, 2.05) is 0 Å². The molecule has 0 aromatic carbocycles. The summed E-state index contributed by atoms with van der Waals surface area (Å²) in [5, 5.41) is 3.28. The Morgan fingerprint density at radius 2 is 2.21 bits per heavy atom. The maximum absolute atomic E-state index is 12.3. The van der Waals surface area contributed by atoms with Crippen LogP contribution in [0.4, 0.5) is 5.69 Å². The third-order valence-corrected chi connectivity index (χ3v) is 4.38. The molecular weight excluding hydrogens is 264 g/mol. The van der Waals surface area contributed by atoms with E-state index in [0.717, 1.165) is 32.5 Å². The Morgan fingerprint density at radius 1 is 1.47 bits per heavy atom. The van der Waals surface area contributed by atoms with Crippen LogP contribution in [0.15, 0.2) is 12.3 Å². The van der Waals surface area contributed by atoms with Crippen molar-refractivity contribution in [1.29, 1.82) is 0 Å². The number of carbonyl (C=O) groups is 1. The van der Waals surface area contributed by atoms with Crippen LogP contribution < -0.4 is 11.1 Å². The van der Waals surface area contributed by atoms with Crippen LogP contribution in [0, 0.1) is 5.92 Å². The largest absolute Gasteiger partial charge is 0.397 e. The first-order valence-corrected chi connectivity index (χ1v) is 6.95. The second kappa shape index (κ2) is 4.98. The molecule has 102 valence electrons. The predicted octanol–water partition coefficient (Wildman–Crippen LogP) is 1.14. The molecular formula is C13H17ClN4O. The molecule has 2 bridgehead atoms. The summed E-state index contributed by atoms with van der Waals surface area (Å²) in [6.07, 6.45) is 3.77. The fraction of sp³-hybridized carbons (Fsp3) is 0.538. The molecule has 3 fully saturated rings. The summed E-state index contributed by atoms with van der Waals surface area (Å²) in [4.78, 5) is 18.6. The van der Waals surface area contributed by atoms with Gasteiger partial charge in [0.25, 0.3) is 5.91 Å². The first kappa shape index (κ1) is 12.7. The normalized spacial score (nSPS) is 29.2. The lowest BCUT2D eigenvalue weighted by Crippen LogP contribution is -2.57. The van der Waals surface area contributed by atoms with E-state index in [4.69, 9.17) is 17.3 Å². The van der Waals surface area contributed by atoms with E-state index in [1.165, 1.54) is 6.20 Å². The number of fused-ring (bicyclic) bond motifs is 3. The Hall–Kier alpha value is -1.33. The van der Waals surface area contributed by atoms with Crippen LogP contribution in [0.5, 0.6) is 0 Å². The summed E-state index contributed by atoms with van der Waals surface area (Å²) >= 11 is 5.95. The van der Waals surface area contributed by atoms with Crippen molar-refractivity contribution >= 4 is 23.2 Å². The molecule has 19 heavy (non-hydrogen) atoms. The lowest BCUT2D eigenvalue weighted by atomic mass is 9.84. The lowest BCUT2D eigenvalue weighted by molar-refractivity contribution is 0.0620. The first-order valence-electron chi connectivity index (χ1n) is 6.58. The molecule has 1 amide bonds. The van der Waals surface area contributed by atoms with Gasteiger partial charge in [-0.3, -0.25) is 4.79 Å². The molecule has 3 N–H and O–H groups in total. The number of nitrogens with one attached hydrogen (secondary N) is 1. The van der Waals surface area contributed by atoms with Crippen LogP contribution in [0.1, 0.15) is 23.2 Å². The summed E-state index contributed by atoms with van der Waals surface area (Å²) in [7, 11) is 0. The van der Waals surface area contributed by atoms with E-state index < -0.39 is 0 Å². The first-order chi connectivity index (χ1) is 9.13. The van der Waals surface area contributed by atoms with E-state index in [-0.39, 0.29) is 17.1 Å². The van der Waals surface area contributed by atoms with Crippen LogP contribution in [0.3, 0.4) is 0 Å². The van der Waals surface area contributed by atoms with Gasteiger partial charge in [-0.25, -0.2) is 4.98 Å². The monoisotopic (exact) mass is 280 g/mol. The number of hydrogen-bond acceptors (Lipinski definition) is 4. The zero-order valence-electron chi connectivity index (χ0n) is 10.6. The third-order valence-electron chi connectivity index (χ3n) is 4.08. The Labute approximate surface area is 117 Å². The fourth-order valence-electron chi connectivity index (χ4n) is 3.00. The molecule has 3 aliphatic heterocycles. The van der Waals surface area contributed by atoms with Crippen molar-refractivity contribution in [3.63, 3.8) is 0 Å². The highest BCUT2D eigenvalue weighted by Crippen LogP contribution is 2.28. The highest BCUT2D eigenvalue weighted by molar-refractivity contribution is 6.32. The number of aromatic nitrogens is 1. The Balaban J connectivity index is 1.73. The van der Waals surface area contributed by atoms with Gasteiger partial charge >= 0.3 is 0 Å². The van der Waals surface area contributed by atoms with Gasteiger partial charge in [0.1, 0.15) is 5.15 Å². The van der Waals surface area contributed by atoms with Gasteiger partial charge in [-0.15, -0.1) is 0 Å². The number of piperidine rings is 3. The SMILES string of the molecule is Nc1cnc(Cl)c(C(=O)NC2CN3CCC2CC3)c1. The molecule has 4 heterocycles. The van der Waals surface area contributed by atoms with E-state index >= 15 is 0 Å². The van der Waals surface area contributed by atoms with Crippen LogP contribution >= 0.6 is 11.6 Å². The van der Waals surface area contributed by atoms with Gasteiger partial charge in [0, 0.05) is 12.6 Å². The Morgan fingerprint density at radius 3 is 2.84 bits per heavy atom. The minimum absolute atomic E-state index is 0.177. The standard InChI is InChI=1S/C13H17ClN4O/c14-12-10(5-9(15)6-16-12)13(19)17-11-7-18-3-1-8(11)2-4-18/h5-6,8,11H,1-4,7,15H2,(H,17,19). The zero-order chi connectivity index (χ0) is 13.4. The van der Waals surface area contributed by atoms with Crippen molar-refractivity contribution in [1.82, 2.24) is 15.2 Å². The minimum atomic E-state index is -0.177. The number of nitrogens with two attached hydrogens (primary N) is 1. The number of rotatable bonds is 2. The fourth-order valence-corrected chi connectivity index (χ4v) is 3.19. The molecule has 1 aromatic heterocycles. The molecule has 1 aromatic rings. The summed E-state index contributed by atoms with van der Waals surface area (Å²) in [5.74, 6) is 0.408. The quantitative estimate of drug-likeness (QED) is 0.797. The van der Waals surface area contributed by atoms with Gasteiger partial charge in [0.2, 0.25) is 0 Å².